The molecule has 0 spiro atoms. The van der Waals surface area contributed by atoms with Crippen molar-refractivity contribution in [2.24, 2.45) is 0 Å². The smallest absolute Gasteiger partial charge is 0.245 e. The van der Waals surface area contributed by atoms with Gasteiger partial charge in [0.1, 0.15) is 11.5 Å². The summed E-state index contributed by atoms with van der Waals surface area (Å²) in [6, 6.07) is 8.74. The zero-order valence-corrected chi connectivity index (χ0v) is 11.3. The molecule has 2 nitrogen and oxygen atoms in total. The second kappa shape index (κ2) is 5.61. The van der Waals surface area contributed by atoms with Gasteiger partial charge in [0.25, 0.3) is 0 Å². The fourth-order valence-corrected chi connectivity index (χ4v) is 1.89. The zero-order valence-electron chi connectivity index (χ0n) is 8.99. The summed E-state index contributed by atoms with van der Waals surface area (Å²) in [7, 11) is 0. The van der Waals surface area contributed by atoms with Crippen LogP contribution in [0.5, 0.6) is 0 Å². The second-order valence-corrected chi connectivity index (χ2v) is 4.60. The van der Waals surface area contributed by atoms with E-state index in [1.54, 1.807) is 30.3 Å². The van der Waals surface area contributed by atoms with Crippen molar-refractivity contribution in [3.8, 4) is 11.3 Å². The van der Waals surface area contributed by atoms with Gasteiger partial charge in [-0.1, -0.05) is 29.3 Å². The minimum Gasteiger partial charge on any atom is -0.457 e. The fraction of sp³-hybridized carbons (Fsp3) is 0. The lowest BCUT2D eigenvalue weighted by Crippen LogP contribution is -1.77. The van der Waals surface area contributed by atoms with Gasteiger partial charge in [-0.15, -0.1) is 0 Å². The van der Waals surface area contributed by atoms with E-state index in [1.165, 1.54) is 12.2 Å². The Kier molecular flexibility index (Phi) is 4.12. The van der Waals surface area contributed by atoms with Gasteiger partial charge in [0.05, 0.1) is 10.0 Å². The first-order valence-corrected chi connectivity index (χ1v) is 6.13. The van der Waals surface area contributed by atoms with E-state index in [4.69, 9.17) is 39.2 Å². The second-order valence-electron chi connectivity index (χ2n) is 3.44. The van der Waals surface area contributed by atoms with E-state index >= 15 is 0 Å². The largest absolute Gasteiger partial charge is 0.457 e. The summed E-state index contributed by atoms with van der Waals surface area (Å²) in [6.45, 7) is 0. The number of hydrogen-bond donors (Lipinski definition) is 0. The molecule has 0 radical (unpaired) electrons. The van der Waals surface area contributed by atoms with Gasteiger partial charge < -0.3 is 4.42 Å². The highest BCUT2D eigenvalue weighted by atomic mass is 35.5. The van der Waals surface area contributed by atoms with Crippen molar-refractivity contribution in [1.29, 1.82) is 0 Å². The Balaban J connectivity index is 2.35. The average molecular weight is 302 g/mol. The molecule has 0 saturated heterocycles. The van der Waals surface area contributed by atoms with E-state index in [1.807, 2.05) is 0 Å². The molecule has 2 rings (SSSR count). The van der Waals surface area contributed by atoms with Crippen LogP contribution < -0.4 is 0 Å². The summed E-state index contributed by atoms with van der Waals surface area (Å²) < 4.78 is 5.52. The van der Waals surface area contributed by atoms with Crippen LogP contribution in [0.3, 0.4) is 0 Å². The quantitative estimate of drug-likeness (QED) is 0.588. The van der Waals surface area contributed by atoms with Crippen LogP contribution in [0.4, 0.5) is 0 Å². The van der Waals surface area contributed by atoms with Gasteiger partial charge in [-0.25, -0.2) is 0 Å². The Morgan fingerprint density at radius 2 is 1.94 bits per heavy atom. The van der Waals surface area contributed by atoms with Crippen LogP contribution in [0.25, 0.3) is 17.4 Å². The van der Waals surface area contributed by atoms with Crippen molar-refractivity contribution < 1.29 is 9.21 Å². The van der Waals surface area contributed by atoms with Gasteiger partial charge in [-0.2, -0.15) is 0 Å². The molecular weight excluding hydrogens is 294 g/mol. The summed E-state index contributed by atoms with van der Waals surface area (Å²) in [5.41, 5.74) is 0.695. The maximum atomic E-state index is 10.6. The Morgan fingerprint density at radius 3 is 2.67 bits per heavy atom. The maximum absolute atomic E-state index is 10.6. The molecule has 0 aliphatic carbocycles. The van der Waals surface area contributed by atoms with Crippen molar-refractivity contribution in [3.63, 3.8) is 0 Å². The van der Waals surface area contributed by atoms with Crippen LogP contribution >= 0.6 is 34.8 Å². The molecule has 0 N–H and O–H groups in total. The number of halogens is 3. The predicted octanol–water partition coefficient (Wildman–Crippen LogP) is 5.03. The molecule has 0 bridgehead atoms. The average Bonchev–Trinajstić information content (AvgIpc) is 2.78. The van der Waals surface area contributed by atoms with Gasteiger partial charge in [0.2, 0.25) is 5.24 Å². The van der Waals surface area contributed by atoms with Gasteiger partial charge in [0.15, 0.2) is 0 Å². The van der Waals surface area contributed by atoms with Gasteiger partial charge in [-0.05, 0) is 41.9 Å². The summed E-state index contributed by atoms with van der Waals surface area (Å²) in [5, 5.41) is 0.324. The number of furan rings is 1. The molecule has 1 heterocycles. The Morgan fingerprint density at radius 1 is 1.17 bits per heavy atom. The number of carbonyl (C=O) groups excluding carboxylic acids is 1. The van der Waals surface area contributed by atoms with Gasteiger partial charge in [-0.3, -0.25) is 4.79 Å². The lowest BCUT2D eigenvalue weighted by Gasteiger charge is -2.01. The molecule has 0 aliphatic heterocycles. The van der Waals surface area contributed by atoms with Crippen LogP contribution in [0, 0.1) is 0 Å². The van der Waals surface area contributed by atoms with E-state index in [0.717, 1.165) is 0 Å². The van der Waals surface area contributed by atoms with Crippen LogP contribution in [-0.4, -0.2) is 5.24 Å². The molecule has 0 aliphatic rings. The number of benzene rings is 1. The van der Waals surface area contributed by atoms with E-state index in [0.29, 0.717) is 27.1 Å². The molecule has 5 heteroatoms. The van der Waals surface area contributed by atoms with Crippen molar-refractivity contribution in [3.05, 3.63) is 52.2 Å². The molecule has 0 fully saturated rings. The normalized spacial score (nSPS) is 11.1. The Hall–Kier alpha value is -1.22. The SMILES string of the molecule is O=C(Cl)C=Cc1ccc(-c2cccc(Cl)c2Cl)o1. The highest BCUT2D eigenvalue weighted by Crippen LogP contribution is 2.34. The molecule has 1 aromatic heterocycles. The minimum absolute atomic E-state index is 0.428. The Bertz CT molecular complexity index is 614. The number of allylic oxidation sites excluding steroid dienone is 1. The van der Waals surface area contributed by atoms with Crippen molar-refractivity contribution in [2.75, 3.05) is 0 Å². The number of carbonyl (C=O) groups is 1. The molecule has 92 valence electrons. The first-order chi connectivity index (χ1) is 8.58. The predicted molar refractivity (Wildman–Crippen MR) is 74.1 cm³/mol. The first-order valence-electron chi connectivity index (χ1n) is 4.99. The van der Waals surface area contributed by atoms with Crippen molar-refractivity contribution in [1.82, 2.24) is 0 Å². The molecule has 1 aromatic carbocycles. The maximum Gasteiger partial charge on any atom is 0.245 e. The zero-order chi connectivity index (χ0) is 13.1. The summed E-state index contributed by atoms with van der Waals surface area (Å²) in [4.78, 5) is 10.6. The Labute approximate surface area is 119 Å². The van der Waals surface area contributed by atoms with Crippen LogP contribution in [0.2, 0.25) is 10.0 Å². The molecule has 0 unspecified atom stereocenters. The van der Waals surface area contributed by atoms with Gasteiger partial charge in [0, 0.05) is 11.6 Å². The third-order valence-corrected chi connectivity index (χ3v) is 3.17. The topological polar surface area (TPSA) is 30.2 Å². The lowest BCUT2D eigenvalue weighted by atomic mass is 10.2. The summed E-state index contributed by atoms with van der Waals surface area (Å²) in [6.07, 6.45) is 2.70. The van der Waals surface area contributed by atoms with Crippen LogP contribution in [0.15, 0.2) is 40.8 Å². The third-order valence-electron chi connectivity index (χ3n) is 2.22. The van der Waals surface area contributed by atoms with Crippen molar-refractivity contribution >= 4 is 46.1 Å². The van der Waals surface area contributed by atoms with Crippen LogP contribution in [0.1, 0.15) is 5.76 Å². The fourth-order valence-electron chi connectivity index (χ4n) is 1.43. The van der Waals surface area contributed by atoms with E-state index in [2.05, 4.69) is 0 Å². The van der Waals surface area contributed by atoms with Gasteiger partial charge >= 0.3 is 0 Å². The minimum atomic E-state index is -0.561. The first kappa shape index (κ1) is 13.2. The van der Waals surface area contributed by atoms with Crippen molar-refractivity contribution in [2.45, 2.75) is 0 Å². The number of hydrogen-bond acceptors (Lipinski definition) is 2. The van der Waals surface area contributed by atoms with E-state index < -0.39 is 5.24 Å². The highest BCUT2D eigenvalue weighted by Gasteiger charge is 2.10. The molecule has 0 amide bonds. The monoisotopic (exact) mass is 300 g/mol. The summed E-state index contributed by atoms with van der Waals surface area (Å²) in [5.74, 6) is 1.08. The molecule has 18 heavy (non-hydrogen) atoms. The molecule has 0 atom stereocenters. The lowest BCUT2D eigenvalue weighted by molar-refractivity contribution is -0.107. The molecule has 0 saturated carbocycles. The number of rotatable bonds is 3. The highest BCUT2D eigenvalue weighted by molar-refractivity contribution is 6.66. The molecule has 2 aromatic rings. The third kappa shape index (κ3) is 2.96. The van der Waals surface area contributed by atoms with Crippen LogP contribution in [-0.2, 0) is 4.79 Å². The molecular formula is C13H7Cl3O2. The van der Waals surface area contributed by atoms with E-state index in [9.17, 15) is 4.79 Å². The van der Waals surface area contributed by atoms with E-state index in [-0.39, 0.29) is 0 Å². The summed E-state index contributed by atoms with van der Waals surface area (Å²) >= 11 is 17.2. The standard InChI is InChI=1S/C13H7Cl3O2/c14-10-3-1-2-9(13(10)16)11-6-4-8(18-11)5-7-12(15)17/h1-7H.